The number of pyridine rings is 1. The molecule has 4 heterocycles. The molecule has 0 aliphatic carbocycles. The Balaban J connectivity index is 1.36. The fraction of sp³-hybridized carbons (Fsp3) is 0.200. The number of nitrogens with zero attached hydrogens (tertiary/aromatic N) is 4. The molecule has 31 heavy (non-hydrogen) atoms. The summed E-state index contributed by atoms with van der Waals surface area (Å²) in [5.41, 5.74) is 2.00. The van der Waals surface area contributed by atoms with Crippen LogP contribution in [0.5, 0.6) is 0 Å². The number of amides is 1. The zero-order chi connectivity index (χ0) is 21.8. The second-order valence-electron chi connectivity index (χ2n) is 7.25. The van der Waals surface area contributed by atoms with E-state index >= 15 is 0 Å². The highest BCUT2D eigenvalue weighted by Gasteiger charge is 2.34. The summed E-state index contributed by atoms with van der Waals surface area (Å²) in [6, 6.07) is 10.3. The van der Waals surface area contributed by atoms with Crippen LogP contribution in [0, 0.1) is 0 Å². The number of rotatable bonds is 4. The standard InChI is InChI=1S/C20H17ClN4O4S2/c21-14-2-1-13-9-20(30-18(13)10-14)31(28,29)24-8-7-23(19(26)12-24)11-17-15-3-5-22-16(15)4-6-25(17)27/h1-6,9-10,27H,7-8,11-12H2. The highest BCUT2D eigenvalue weighted by atomic mass is 35.5. The van der Waals surface area contributed by atoms with E-state index in [0.29, 0.717) is 10.7 Å². The molecular formula is C20H17ClN4O4S2. The Morgan fingerprint density at radius 1 is 1.16 bits per heavy atom. The number of thiophene rings is 1. The van der Waals surface area contributed by atoms with Gasteiger partial charge in [-0.3, -0.25) is 9.78 Å². The van der Waals surface area contributed by atoms with E-state index in [9.17, 15) is 18.4 Å². The molecule has 160 valence electrons. The van der Waals surface area contributed by atoms with Crippen molar-refractivity contribution < 1.29 is 18.4 Å². The van der Waals surface area contributed by atoms with Crippen molar-refractivity contribution in [2.75, 3.05) is 19.6 Å². The number of benzene rings is 1. The number of fused-ring (bicyclic) bond motifs is 2. The maximum atomic E-state index is 13.1. The first kappa shape index (κ1) is 20.3. The summed E-state index contributed by atoms with van der Waals surface area (Å²) < 4.78 is 29.4. The second-order valence-corrected chi connectivity index (χ2v) is 10.9. The Labute approximate surface area is 187 Å². The van der Waals surface area contributed by atoms with Crippen molar-refractivity contribution in [1.82, 2.24) is 18.9 Å². The van der Waals surface area contributed by atoms with Gasteiger partial charge in [-0.15, -0.1) is 11.3 Å². The smallest absolute Gasteiger partial charge is 0.253 e. The van der Waals surface area contributed by atoms with Crippen molar-refractivity contribution in [3.63, 3.8) is 0 Å². The Hall–Kier alpha value is -2.66. The van der Waals surface area contributed by atoms with Gasteiger partial charge in [-0.05, 0) is 35.7 Å². The SMILES string of the molecule is O=C1CN(S(=O)(=O)c2cc3ccc(Cl)cc3s2)CCN1Cc1c2ccnc-2ccn1O. The van der Waals surface area contributed by atoms with Gasteiger partial charge in [-0.2, -0.15) is 9.04 Å². The molecule has 3 aliphatic rings. The minimum atomic E-state index is -3.80. The average molecular weight is 477 g/mol. The monoisotopic (exact) mass is 476 g/mol. The van der Waals surface area contributed by atoms with E-state index in [0.717, 1.165) is 37.4 Å². The zero-order valence-electron chi connectivity index (χ0n) is 16.1. The Bertz CT molecular complexity index is 1380. The number of hydrogen-bond donors (Lipinski definition) is 1. The molecule has 0 spiro atoms. The molecule has 1 amide bonds. The number of aromatic nitrogens is 2. The van der Waals surface area contributed by atoms with Crippen molar-refractivity contribution in [2.24, 2.45) is 0 Å². The molecule has 1 aromatic carbocycles. The van der Waals surface area contributed by atoms with Gasteiger partial charge in [0.25, 0.3) is 10.0 Å². The lowest BCUT2D eigenvalue weighted by Crippen LogP contribution is -2.51. The molecule has 1 saturated heterocycles. The maximum absolute atomic E-state index is 13.1. The van der Waals surface area contributed by atoms with E-state index < -0.39 is 10.0 Å². The molecule has 3 aliphatic heterocycles. The fourth-order valence-corrected chi connectivity index (χ4v) is 6.92. The summed E-state index contributed by atoms with van der Waals surface area (Å²) in [5.74, 6) is -0.324. The number of halogens is 1. The van der Waals surface area contributed by atoms with E-state index in [4.69, 9.17) is 11.6 Å². The summed E-state index contributed by atoms with van der Waals surface area (Å²) >= 11 is 7.14. The molecule has 0 radical (unpaired) electrons. The highest BCUT2D eigenvalue weighted by Crippen LogP contribution is 2.33. The van der Waals surface area contributed by atoms with Crippen LogP contribution in [-0.2, 0) is 21.4 Å². The number of carbonyl (C=O) groups is 1. The van der Waals surface area contributed by atoms with Gasteiger partial charge in [-0.25, -0.2) is 8.42 Å². The van der Waals surface area contributed by atoms with Crippen LogP contribution in [-0.4, -0.2) is 58.1 Å². The van der Waals surface area contributed by atoms with Crippen LogP contribution in [0.1, 0.15) is 5.69 Å². The Morgan fingerprint density at radius 3 is 2.81 bits per heavy atom. The predicted molar refractivity (Wildman–Crippen MR) is 117 cm³/mol. The molecule has 0 saturated carbocycles. The molecular weight excluding hydrogens is 460 g/mol. The first-order valence-corrected chi connectivity index (χ1v) is 12.1. The van der Waals surface area contributed by atoms with Crippen molar-refractivity contribution in [2.45, 2.75) is 10.8 Å². The van der Waals surface area contributed by atoms with Gasteiger partial charge in [0.15, 0.2) is 0 Å². The lowest BCUT2D eigenvalue weighted by Gasteiger charge is -2.33. The summed E-state index contributed by atoms with van der Waals surface area (Å²) in [6.07, 6.45) is 3.11. The third-order valence-electron chi connectivity index (χ3n) is 5.37. The molecule has 5 rings (SSSR count). The topological polar surface area (TPSA) is 95.7 Å². The van der Waals surface area contributed by atoms with Crippen LogP contribution in [0.15, 0.2) is 53.0 Å². The first-order chi connectivity index (χ1) is 14.8. The van der Waals surface area contributed by atoms with Gasteiger partial charge < -0.3 is 10.1 Å². The van der Waals surface area contributed by atoms with Crippen LogP contribution in [0.4, 0.5) is 0 Å². The fourth-order valence-electron chi connectivity index (χ4n) is 3.71. The third kappa shape index (κ3) is 3.55. The lowest BCUT2D eigenvalue weighted by atomic mass is 10.1. The number of sulfonamides is 1. The van der Waals surface area contributed by atoms with Crippen LogP contribution in [0.3, 0.4) is 0 Å². The van der Waals surface area contributed by atoms with Gasteiger partial charge in [0.05, 0.1) is 24.5 Å². The largest absolute Gasteiger partial charge is 0.429 e. The third-order valence-corrected chi connectivity index (χ3v) is 9.00. The van der Waals surface area contributed by atoms with E-state index in [1.807, 2.05) is 0 Å². The lowest BCUT2D eigenvalue weighted by molar-refractivity contribution is -0.134. The quantitative estimate of drug-likeness (QED) is 0.456. The molecule has 8 nitrogen and oxygen atoms in total. The van der Waals surface area contributed by atoms with Crippen LogP contribution < -0.4 is 0 Å². The summed E-state index contributed by atoms with van der Waals surface area (Å²) in [6.45, 7) is 0.300. The van der Waals surface area contributed by atoms with Crippen molar-refractivity contribution in [3.05, 3.63) is 59.5 Å². The molecule has 1 fully saturated rings. The van der Waals surface area contributed by atoms with Gasteiger partial charge in [0.1, 0.15) is 4.21 Å². The summed E-state index contributed by atoms with van der Waals surface area (Å²) in [5, 5.41) is 11.5. The average Bonchev–Trinajstić information content (AvgIpc) is 3.38. The summed E-state index contributed by atoms with van der Waals surface area (Å²) in [4.78, 5) is 18.5. The molecule has 0 bridgehead atoms. The van der Waals surface area contributed by atoms with Crippen molar-refractivity contribution in [3.8, 4) is 11.3 Å². The minimum absolute atomic E-state index is 0.160. The predicted octanol–water partition coefficient (Wildman–Crippen LogP) is 3.13. The number of piperazine rings is 1. The van der Waals surface area contributed by atoms with Gasteiger partial charge in [0, 0.05) is 40.8 Å². The van der Waals surface area contributed by atoms with Crippen molar-refractivity contribution in [1.29, 1.82) is 0 Å². The Morgan fingerprint density at radius 2 is 2.00 bits per heavy atom. The van der Waals surface area contributed by atoms with E-state index in [-0.39, 0.29) is 36.3 Å². The van der Waals surface area contributed by atoms with Gasteiger partial charge in [0.2, 0.25) is 5.91 Å². The van der Waals surface area contributed by atoms with Crippen molar-refractivity contribution >= 4 is 49.0 Å². The highest BCUT2D eigenvalue weighted by molar-refractivity contribution is 7.91. The molecule has 11 heteroatoms. The second kappa shape index (κ2) is 7.49. The van der Waals surface area contributed by atoms with E-state index in [2.05, 4.69) is 4.98 Å². The van der Waals surface area contributed by atoms with E-state index in [1.165, 1.54) is 10.5 Å². The molecule has 0 atom stereocenters. The Kier molecular flexibility index (Phi) is 4.89. The number of hydrogen-bond acceptors (Lipinski definition) is 6. The van der Waals surface area contributed by atoms with E-state index in [1.54, 1.807) is 47.5 Å². The molecule has 2 aromatic rings. The van der Waals surface area contributed by atoms with Crippen LogP contribution >= 0.6 is 22.9 Å². The molecule has 1 N–H and O–H groups in total. The van der Waals surface area contributed by atoms with Gasteiger partial charge in [-0.1, -0.05) is 17.7 Å². The molecule has 1 aromatic heterocycles. The maximum Gasteiger partial charge on any atom is 0.253 e. The summed E-state index contributed by atoms with van der Waals surface area (Å²) in [7, 11) is -3.80. The normalized spacial score (nSPS) is 15.9. The minimum Gasteiger partial charge on any atom is -0.429 e. The van der Waals surface area contributed by atoms with Gasteiger partial charge >= 0.3 is 0 Å². The number of carbonyl (C=O) groups excluding carboxylic acids is 1. The first-order valence-electron chi connectivity index (χ1n) is 9.44. The van der Waals surface area contributed by atoms with Crippen LogP contribution in [0.25, 0.3) is 21.3 Å². The zero-order valence-corrected chi connectivity index (χ0v) is 18.5. The van der Waals surface area contributed by atoms with Crippen LogP contribution in [0.2, 0.25) is 5.02 Å². The molecule has 0 unspecified atom stereocenters.